The Morgan fingerprint density at radius 3 is 2.55 bits per heavy atom. The molecule has 1 N–H and O–H groups in total. The first kappa shape index (κ1) is 23.4. The standard InChI is InChI=1S/C18H26N4O4S3/c1-5-26-15-10-8-14(9-11-15)22(29(4,24)25)12-6-7-16(23)19-17-20-21-18(28-17)27-13(2)3/h8-11,13H,5-7,12H2,1-4H3,(H,19,20,23). The molecule has 1 heterocycles. The van der Waals surface area contributed by atoms with Crippen LogP contribution in [0.15, 0.2) is 28.6 Å². The van der Waals surface area contributed by atoms with Gasteiger partial charge in [0.2, 0.25) is 21.1 Å². The fourth-order valence-electron chi connectivity index (χ4n) is 2.44. The van der Waals surface area contributed by atoms with Crippen LogP contribution in [0.5, 0.6) is 5.75 Å². The highest BCUT2D eigenvalue weighted by atomic mass is 32.2. The molecule has 2 rings (SSSR count). The first-order chi connectivity index (χ1) is 13.7. The van der Waals surface area contributed by atoms with Crippen molar-refractivity contribution in [3.63, 3.8) is 0 Å². The van der Waals surface area contributed by atoms with Crippen molar-refractivity contribution in [2.75, 3.05) is 29.0 Å². The molecule has 1 amide bonds. The minimum absolute atomic E-state index is 0.176. The van der Waals surface area contributed by atoms with Crippen molar-refractivity contribution in [1.82, 2.24) is 10.2 Å². The molecule has 0 atom stereocenters. The van der Waals surface area contributed by atoms with Crippen LogP contribution in [0, 0.1) is 0 Å². The van der Waals surface area contributed by atoms with Gasteiger partial charge in [0.05, 0.1) is 18.6 Å². The number of carbonyl (C=O) groups is 1. The van der Waals surface area contributed by atoms with Crippen LogP contribution in [0.1, 0.15) is 33.6 Å². The fraction of sp³-hybridized carbons (Fsp3) is 0.500. The van der Waals surface area contributed by atoms with E-state index in [9.17, 15) is 13.2 Å². The van der Waals surface area contributed by atoms with Crippen LogP contribution >= 0.6 is 23.1 Å². The van der Waals surface area contributed by atoms with Crippen molar-refractivity contribution in [2.24, 2.45) is 0 Å². The molecule has 0 bridgehead atoms. The summed E-state index contributed by atoms with van der Waals surface area (Å²) in [5.74, 6) is 0.457. The summed E-state index contributed by atoms with van der Waals surface area (Å²) >= 11 is 2.91. The van der Waals surface area contributed by atoms with Crippen LogP contribution in [-0.4, -0.2) is 49.2 Å². The number of nitrogens with zero attached hydrogens (tertiary/aromatic N) is 3. The molecule has 0 saturated heterocycles. The Morgan fingerprint density at radius 1 is 1.28 bits per heavy atom. The third-order valence-corrected chi connectivity index (χ3v) is 6.71. The number of anilines is 2. The summed E-state index contributed by atoms with van der Waals surface area (Å²) in [6.45, 7) is 6.74. The summed E-state index contributed by atoms with van der Waals surface area (Å²) in [4.78, 5) is 12.2. The molecule has 2 aromatic rings. The molecule has 160 valence electrons. The number of nitrogens with one attached hydrogen (secondary N) is 1. The van der Waals surface area contributed by atoms with Crippen LogP contribution in [0.3, 0.4) is 0 Å². The number of amides is 1. The van der Waals surface area contributed by atoms with E-state index in [0.717, 1.165) is 10.6 Å². The van der Waals surface area contributed by atoms with E-state index in [1.165, 1.54) is 15.6 Å². The van der Waals surface area contributed by atoms with E-state index in [2.05, 4.69) is 29.4 Å². The molecule has 0 saturated carbocycles. The van der Waals surface area contributed by atoms with E-state index >= 15 is 0 Å². The van der Waals surface area contributed by atoms with Crippen LogP contribution < -0.4 is 14.4 Å². The van der Waals surface area contributed by atoms with Crippen molar-refractivity contribution in [2.45, 2.75) is 43.2 Å². The Hall–Kier alpha value is -1.85. The molecule has 0 aliphatic heterocycles. The van der Waals surface area contributed by atoms with Gasteiger partial charge in [-0.25, -0.2) is 8.42 Å². The van der Waals surface area contributed by atoms with E-state index in [1.54, 1.807) is 36.0 Å². The summed E-state index contributed by atoms with van der Waals surface area (Å²) in [7, 11) is -3.47. The number of thioether (sulfide) groups is 1. The SMILES string of the molecule is CCOc1ccc(N(CCCC(=O)Nc2nnc(SC(C)C)s2)S(C)(=O)=O)cc1. The Balaban J connectivity index is 1.91. The number of benzene rings is 1. The molecule has 0 unspecified atom stereocenters. The van der Waals surface area contributed by atoms with Gasteiger partial charge in [0.15, 0.2) is 4.34 Å². The lowest BCUT2D eigenvalue weighted by Crippen LogP contribution is -2.31. The quantitative estimate of drug-likeness (QED) is 0.405. The number of carbonyl (C=O) groups excluding carboxylic acids is 1. The molecule has 0 fully saturated rings. The van der Waals surface area contributed by atoms with E-state index in [0.29, 0.717) is 34.8 Å². The summed E-state index contributed by atoms with van der Waals surface area (Å²) in [5.41, 5.74) is 0.538. The Kier molecular flexibility index (Phi) is 8.72. The second-order valence-electron chi connectivity index (χ2n) is 6.45. The zero-order chi connectivity index (χ0) is 21.4. The first-order valence-electron chi connectivity index (χ1n) is 9.19. The summed E-state index contributed by atoms with van der Waals surface area (Å²) in [5, 5.41) is 11.5. The van der Waals surface area contributed by atoms with E-state index in [4.69, 9.17) is 4.74 Å². The number of hydrogen-bond donors (Lipinski definition) is 1. The van der Waals surface area contributed by atoms with Gasteiger partial charge in [0.1, 0.15) is 5.75 Å². The second-order valence-corrected chi connectivity index (χ2v) is 11.2. The number of sulfonamides is 1. The van der Waals surface area contributed by atoms with Gasteiger partial charge in [-0.05, 0) is 37.6 Å². The molecular weight excluding hydrogens is 432 g/mol. The lowest BCUT2D eigenvalue weighted by molar-refractivity contribution is -0.116. The predicted octanol–water partition coefficient (Wildman–Crippen LogP) is 3.62. The predicted molar refractivity (Wildman–Crippen MR) is 119 cm³/mol. The van der Waals surface area contributed by atoms with Gasteiger partial charge in [0, 0.05) is 18.2 Å². The lowest BCUT2D eigenvalue weighted by atomic mass is 10.2. The van der Waals surface area contributed by atoms with E-state index in [1.807, 2.05) is 6.92 Å². The number of aromatic nitrogens is 2. The van der Waals surface area contributed by atoms with Gasteiger partial charge >= 0.3 is 0 Å². The number of rotatable bonds is 11. The van der Waals surface area contributed by atoms with Gasteiger partial charge in [-0.2, -0.15) is 0 Å². The topological polar surface area (TPSA) is 101 Å². The molecule has 1 aromatic heterocycles. The summed E-state index contributed by atoms with van der Waals surface area (Å²) in [6, 6.07) is 6.85. The fourth-order valence-corrected chi connectivity index (χ4v) is 5.39. The van der Waals surface area contributed by atoms with Crippen LogP contribution in [0.4, 0.5) is 10.8 Å². The first-order valence-corrected chi connectivity index (χ1v) is 12.7. The highest BCUT2D eigenvalue weighted by Crippen LogP contribution is 2.28. The number of hydrogen-bond acceptors (Lipinski definition) is 8. The smallest absolute Gasteiger partial charge is 0.232 e. The van der Waals surface area contributed by atoms with Crippen LogP contribution in [0.25, 0.3) is 0 Å². The van der Waals surface area contributed by atoms with Crippen molar-refractivity contribution >= 4 is 49.8 Å². The molecule has 0 aliphatic rings. The van der Waals surface area contributed by atoms with Crippen LogP contribution in [-0.2, 0) is 14.8 Å². The maximum Gasteiger partial charge on any atom is 0.232 e. The largest absolute Gasteiger partial charge is 0.494 e. The average Bonchev–Trinajstić information content (AvgIpc) is 3.05. The van der Waals surface area contributed by atoms with Gasteiger partial charge in [-0.3, -0.25) is 9.10 Å². The zero-order valence-corrected chi connectivity index (χ0v) is 19.4. The molecule has 1 aromatic carbocycles. The molecule has 11 heteroatoms. The summed E-state index contributed by atoms with van der Waals surface area (Å²) in [6.07, 6.45) is 1.70. The normalized spacial score (nSPS) is 11.5. The Morgan fingerprint density at radius 2 is 1.97 bits per heavy atom. The molecule has 0 radical (unpaired) electrons. The van der Waals surface area contributed by atoms with Crippen molar-refractivity contribution in [3.05, 3.63) is 24.3 Å². The second kappa shape index (κ2) is 10.8. The molecule has 0 aliphatic carbocycles. The van der Waals surface area contributed by atoms with Crippen molar-refractivity contribution < 1.29 is 17.9 Å². The van der Waals surface area contributed by atoms with Gasteiger partial charge < -0.3 is 10.1 Å². The third kappa shape index (κ3) is 7.82. The third-order valence-electron chi connectivity index (χ3n) is 3.59. The van der Waals surface area contributed by atoms with E-state index < -0.39 is 10.0 Å². The van der Waals surface area contributed by atoms with Crippen LogP contribution in [0.2, 0.25) is 0 Å². The average molecular weight is 459 g/mol. The monoisotopic (exact) mass is 458 g/mol. The Bertz CT molecular complexity index is 898. The molecular formula is C18H26N4O4S3. The zero-order valence-electron chi connectivity index (χ0n) is 16.9. The van der Waals surface area contributed by atoms with Crippen molar-refractivity contribution in [1.29, 1.82) is 0 Å². The maximum atomic E-state index is 12.2. The minimum Gasteiger partial charge on any atom is -0.494 e. The molecule has 8 nitrogen and oxygen atoms in total. The minimum atomic E-state index is -3.47. The highest BCUT2D eigenvalue weighted by Gasteiger charge is 2.18. The lowest BCUT2D eigenvalue weighted by Gasteiger charge is -2.22. The van der Waals surface area contributed by atoms with Gasteiger partial charge in [0.25, 0.3) is 0 Å². The summed E-state index contributed by atoms with van der Waals surface area (Å²) < 4.78 is 31.8. The van der Waals surface area contributed by atoms with Gasteiger partial charge in [-0.15, -0.1) is 10.2 Å². The molecule has 29 heavy (non-hydrogen) atoms. The molecule has 0 spiro atoms. The maximum absolute atomic E-state index is 12.2. The number of ether oxygens (including phenoxy) is 1. The highest BCUT2D eigenvalue weighted by molar-refractivity contribution is 8.01. The Labute approximate surface area is 180 Å². The van der Waals surface area contributed by atoms with Gasteiger partial charge in [-0.1, -0.05) is 36.9 Å². The van der Waals surface area contributed by atoms with E-state index in [-0.39, 0.29) is 18.9 Å². The van der Waals surface area contributed by atoms with Crippen molar-refractivity contribution in [3.8, 4) is 5.75 Å².